The Kier molecular flexibility index (Phi) is 4.96. The summed E-state index contributed by atoms with van der Waals surface area (Å²) in [6, 6.07) is 5.57. The number of likely N-dealkylation sites (N-methyl/N-ethyl adjacent to an activating group) is 1. The summed E-state index contributed by atoms with van der Waals surface area (Å²) in [5.74, 6) is 0. The van der Waals surface area contributed by atoms with Gasteiger partial charge in [-0.1, -0.05) is 23.8 Å². The van der Waals surface area contributed by atoms with Gasteiger partial charge in [-0.2, -0.15) is 0 Å². The highest BCUT2D eigenvalue weighted by molar-refractivity contribution is 7.80. The molecule has 0 saturated carbocycles. The molecule has 0 aliphatic heterocycles. The molecule has 0 amide bonds. The molecule has 0 radical (unpaired) electrons. The fourth-order valence-electron chi connectivity index (χ4n) is 1.28. The van der Waals surface area contributed by atoms with E-state index in [9.17, 15) is 0 Å². The SMILES string of the molecule is CN(C)C(C)(C)CNc1ccc(C(N)=S)cc1Cl. The standard InChI is InChI=1S/C13H20ClN3S/c1-13(2,17(3)4)8-16-11-6-5-9(12(15)18)7-10(11)14/h5-7,16H,8H2,1-4H3,(H2,15,18). The van der Waals surface area contributed by atoms with Crippen LogP contribution in [0.25, 0.3) is 0 Å². The van der Waals surface area contributed by atoms with E-state index in [1.165, 1.54) is 0 Å². The van der Waals surface area contributed by atoms with Gasteiger partial charge in [-0.15, -0.1) is 0 Å². The number of thiocarbonyl (C=S) groups is 1. The van der Waals surface area contributed by atoms with Gasteiger partial charge in [0.2, 0.25) is 0 Å². The number of nitrogens with zero attached hydrogens (tertiary/aromatic N) is 1. The number of nitrogens with two attached hydrogens (primary N) is 1. The molecule has 0 aromatic heterocycles. The third-order valence-electron chi connectivity index (χ3n) is 3.18. The average molecular weight is 286 g/mol. The van der Waals surface area contributed by atoms with Gasteiger partial charge in [0.05, 0.1) is 10.7 Å². The smallest absolute Gasteiger partial charge is 0.104 e. The van der Waals surface area contributed by atoms with Crippen molar-refractivity contribution < 1.29 is 0 Å². The van der Waals surface area contributed by atoms with E-state index in [4.69, 9.17) is 29.6 Å². The lowest BCUT2D eigenvalue weighted by atomic mass is 10.0. The highest BCUT2D eigenvalue weighted by Gasteiger charge is 2.20. The normalized spacial score (nSPS) is 11.7. The summed E-state index contributed by atoms with van der Waals surface area (Å²) in [6.07, 6.45) is 0. The average Bonchev–Trinajstić information content (AvgIpc) is 2.26. The predicted molar refractivity (Wildman–Crippen MR) is 83.6 cm³/mol. The van der Waals surface area contributed by atoms with Crippen molar-refractivity contribution in [2.45, 2.75) is 19.4 Å². The molecule has 1 aromatic carbocycles. The third kappa shape index (κ3) is 3.83. The molecule has 0 fully saturated rings. The zero-order valence-corrected chi connectivity index (χ0v) is 12.8. The van der Waals surface area contributed by atoms with Crippen molar-refractivity contribution in [3.63, 3.8) is 0 Å². The van der Waals surface area contributed by atoms with Crippen molar-refractivity contribution in [1.82, 2.24) is 4.90 Å². The molecule has 100 valence electrons. The van der Waals surface area contributed by atoms with E-state index < -0.39 is 0 Å². The lowest BCUT2D eigenvalue weighted by molar-refractivity contribution is 0.210. The van der Waals surface area contributed by atoms with Crippen LogP contribution in [-0.4, -0.2) is 36.1 Å². The topological polar surface area (TPSA) is 41.3 Å². The summed E-state index contributed by atoms with van der Waals surface area (Å²) in [7, 11) is 4.11. The molecular weight excluding hydrogens is 266 g/mol. The Balaban J connectivity index is 2.78. The van der Waals surface area contributed by atoms with Crippen LogP contribution in [0.15, 0.2) is 18.2 Å². The van der Waals surface area contributed by atoms with Crippen molar-refractivity contribution in [2.24, 2.45) is 5.73 Å². The molecule has 0 aliphatic rings. The maximum Gasteiger partial charge on any atom is 0.104 e. The highest BCUT2D eigenvalue weighted by atomic mass is 35.5. The second kappa shape index (κ2) is 5.87. The molecule has 0 saturated heterocycles. The van der Waals surface area contributed by atoms with Gasteiger partial charge >= 0.3 is 0 Å². The molecule has 5 heteroatoms. The van der Waals surface area contributed by atoms with E-state index >= 15 is 0 Å². The van der Waals surface area contributed by atoms with Crippen molar-refractivity contribution in [1.29, 1.82) is 0 Å². The van der Waals surface area contributed by atoms with Crippen molar-refractivity contribution in [2.75, 3.05) is 26.0 Å². The first-order chi connectivity index (χ1) is 8.24. The molecule has 0 atom stereocenters. The lowest BCUT2D eigenvalue weighted by Gasteiger charge is -2.33. The van der Waals surface area contributed by atoms with Crippen molar-refractivity contribution in [3.05, 3.63) is 28.8 Å². The summed E-state index contributed by atoms with van der Waals surface area (Å²) in [5.41, 5.74) is 7.29. The third-order valence-corrected chi connectivity index (χ3v) is 3.72. The largest absolute Gasteiger partial charge is 0.389 e. The maximum absolute atomic E-state index is 6.19. The van der Waals surface area contributed by atoms with E-state index in [0.29, 0.717) is 10.0 Å². The number of anilines is 1. The minimum absolute atomic E-state index is 0.0468. The first kappa shape index (κ1) is 15.2. The predicted octanol–water partition coefficient (Wildman–Crippen LogP) is 2.73. The van der Waals surface area contributed by atoms with Crippen LogP contribution in [0.5, 0.6) is 0 Å². The number of hydrogen-bond acceptors (Lipinski definition) is 3. The molecule has 0 bridgehead atoms. The monoisotopic (exact) mass is 285 g/mol. The molecule has 3 N–H and O–H groups in total. The van der Waals surface area contributed by atoms with E-state index in [2.05, 4.69) is 38.2 Å². The Labute approximate surface area is 119 Å². The first-order valence-electron chi connectivity index (χ1n) is 5.74. The van der Waals surface area contributed by atoms with Gasteiger partial charge in [-0.05, 0) is 46.1 Å². The maximum atomic E-state index is 6.19. The quantitative estimate of drug-likeness (QED) is 0.816. The minimum atomic E-state index is 0.0468. The molecule has 1 rings (SSSR count). The summed E-state index contributed by atoms with van der Waals surface area (Å²) in [4.78, 5) is 2.52. The number of hydrogen-bond donors (Lipinski definition) is 2. The molecule has 0 unspecified atom stereocenters. The van der Waals surface area contributed by atoms with E-state index in [1.54, 1.807) is 6.07 Å². The van der Waals surface area contributed by atoms with Crippen LogP contribution in [0.1, 0.15) is 19.4 Å². The van der Waals surface area contributed by atoms with Gasteiger partial charge in [-0.25, -0.2) is 0 Å². The van der Waals surface area contributed by atoms with Crippen LogP contribution in [0.4, 0.5) is 5.69 Å². The van der Waals surface area contributed by atoms with Gasteiger partial charge in [0.25, 0.3) is 0 Å². The van der Waals surface area contributed by atoms with Gasteiger partial charge in [0, 0.05) is 17.6 Å². The molecule has 0 spiro atoms. The summed E-state index contributed by atoms with van der Waals surface area (Å²) < 4.78 is 0. The number of nitrogens with one attached hydrogen (secondary N) is 1. The van der Waals surface area contributed by atoms with Gasteiger partial charge in [0.15, 0.2) is 0 Å². The van der Waals surface area contributed by atoms with Gasteiger partial charge < -0.3 is 16.0 Å². The van der Waals surface area contributed by atoms with E-state index in [-0.39, 0.29) is 5.54 Å². The van der Waals surface area contributed by atoms with Gasteiger partial charge in [0.1, 0.15) is 4.99 Å². The van der Waals surface area contributed by atoms with Crippen molar-refractivity contribution >= 4 is 34.5 Å². The van der Waals surface area contributed by atoms with Crippen molar-refractivity contribution in [3.8, 4) is 0 Å². The second-order valence-corrected chi connectivity index (χ2v) is 5.97. The summed E-state index contributed by atoms with van der Waals surface area (Å²) in [6.45, 7) is 5.13. The van der Waals surface area contributed by atoms with Crippen LogP contribution < -0.4 is 11.1 Å². The molecule has 0 aliphatic carbocycles. The Morgan fingerprint density at radius 1 is 1.44 bits per heavy atom. The van der Waals surface area contributed by atoms with Crippen LogP contribution >= 0.6 is 23.8 Å². The van der Waals surface area contributed by atoms with Crippen LogP contribution in [0, 0.1) is 0 Å². The van der Waals surface area contributed by atoms with E-state index in [1.807, 2.05) is 12.1 Å². The van der Waals surface area contributed by atoms with Crippen LogP contribution in [-0.2, 0) is 0 Å². The highest BCUT2D eigenvalue weighted by Crippen LogP contribution is 2.24. The molecule has 18 heavy (non-hydrogen) atoms. The van der Waals surface area contributed by atoms with E-state index in [0.717, 1.165) is 17.8 Å². The summed E-state index contributed by atoms with van der Waals surface area (Å²) in [5, 5.41) is 3.98. The number of rotatable bonds is 5. The Hall–Kier alpha value is -0.840. The number of benzene rings is 1. The van der Waals surface area contributed by atoms with Crippen LogP contribution in [0.2, 0.25) is 5.02 Å². The van der Waals surface area contributed by atoms with Crippen LogP contribution in [0.3, 0.4) is 0 Å². The summed E-state index contributed by atoms with van der Waals surface area (Å²) >= 11 is 11.1. The lowest BCUT2D eigenvalue weighted by Crippen LogP contribution is -2.44. The minimum Gasteiger partial charge on any atom is -0.389 e. The fourth-order valence-corrected chi connectivity index (χ4v) is 1.66. The first-order valence-corrected chi connectivity index (χ1v) is 6.53. The second-order valence-electron chi connectivity index (χ2n) is 5.12. The molecule has 3 nitrogen and oxygen atoms in total. The molecular formula is C13H20ClN3S. The van der Waals surface area contributed by atoms with Gasteiger partial charge in [-0.3, -0.25) is 0 Å². The Bertz CT molecular complexity index is 444. The Morgan fingerprint density at radius 2 is 2.06 bits per heavy atom. The number of halogens is 1. The zero-order valence-electron chi connectivity index (χ0n) is 11.2. The molecule has 1 aromatic rings. The Morgan fingerprint density at radius 3 is 2.50 bits per heavy atom. The fraction of sp³-hybridized carbons (Fsp3) is 0.462. The molecule has 0 heterocycles. The zero-order chi connectivity index (χ0) is 13.9.